The lowest BCUT2D eigenvalue weighted by molar-refractivity contribution is -0.387. The highest BCUT2D eigenvalue weighted by Gasteiger charge is 2.30. The third-order valence-electron chi connectivity index (χ3n) is 3.35. The van der Waals surface area contributed by atoms with Gasteiger partial charge in [0.05, 0.1) is 16.5 Å². The summed E-state index contributed by atoms with van der Waals surface area (Å²) < 4.78 is 26.7. The molecule has 1 aliphatic rings. The van der Waals surface area contributed by atoms with Crippen LogP contribution in [0.5, 0.6) is 0 Å². The first kappa shape index (κ1) is 14.3. The molecule has 2 rings (SSSR count). The fourth-order valence-electron chi connectivity index (χ4n) is 2.16. The number of halogens is 2. The number of nitrogens with one attached hydrogen (secondary N) is 2. The molecule has 1 aromatic rings. The fourth-order valence-corrected chi connectivity index (χ4v) is 2.16. The number of amides is 1. The third kappa shape index (κ3) is 2.74. The van der Waals surface area contributed by atoms with E-state index < -0.39 is 28.2 Å². The summed E-state index contributed by atoms with van der Waals surface area (Å²) in [5.74, 6) is -3.03. The third-order valence-corrected chi connectivity index (χ3v) is 3.35. The topological polar surface area (TPSA) is 84.3 Å². The van der Waals surface area contributed by atoms with Crippen LogP contribution in [0.1, 0.15) is 6.92 Å². The highest BCUT2D eigenvalue weighted by atomic mass is 19.1. The Kier molecular flexibility index (Phi) is 3.93. The summed E-state index contributed by atoms with van der Waals surface area (Å²) in [6, 6.07) is 1.08. The quantitative estimate of drug-likeness (QED) is 0.653. The molecule has 1 saturated heterocycles. The molecule has 1 amide bonds. The molecule has 0 spiro atoms. The molecule has 108 valence electrons. The molecule has 20 heavy (non-hydrogen) atoms. The molecule has 2 unspecified atom stereocenters. The molecular weight excluding hydrogens is 272 g/mol. The Labute approximate surface area is 113 Å². The first-order chi connectivity index (χ1) is 9.40. The Hall–Kier alpha value is -2.09. The van der Waals surface area contributed by atoms with Crippen LogP contribution in [0.4, 0.5) is 20.2 Å². The molecule has 0 saturated carbocycles. The van der Waals surface area contributed by atoms with E-state index in [1.807, 2.05) is 6.92 Å². The number of rotatable bonds is 3. The number of nitro groups is 1. The molecule has 0 aromatic heterocycles. The predicted octanol–water partition coefficient (Wildman–Crippen LogP) is 1.67. The molecule has 1 aromatic carbocycles. The van der Waals surface area contributed by atoms with Crippen LogP contribution in [-0.2, 0) is 4.79 Å². The maximum Gasteiger partial charge on any atom is 0.307 e. The van der Waals surface area contributed by atoms with Crippen LogP contribution in [0.3, 0.4) is 0 Å². The van der Waals surface area contributed by atoms with E-state index in [1.54, 1.807) is 0 Å². The van der Waals surface area contributed by atoms with Gasteiger partial charge in [-0.05, 0) is 12.5 Å². The van der Waals surface area contributed by atoms with Gasteiger partial charge in [0.15, 0.2) is 0 Å². The summed E-state index contributed by atoms with van der Waals surface area (Å²) in [5.41, 5.74) is -1.26. The smallest absolute Gasteiger partial charge is 0.307 e. The Morgan fingerprint density at radius 1 is 1.40 bits per heavy atom. The summed E-state index contributed by atoms with van der Waals surface area (Å²) in [7, 11) is 0. The number of hydrogen-bond donors (Lipinski definition) is 2. The van der Waals surface area contributed by atoms with Gasteiger partial charge in [0.25, 0.3) is 0 Å². The second-order valence-electron chi connectivity index (χ2n) is 4.77. The van der Waals surface area contributed by atoms with E-state index in [0.717, 1.165) is 0 Å². The summed E-state index contributed by atoms with van der Waals surface area (Å²) >= 11 is 0. The van der Waals surface area contributed by atoms with Crippen molar-refractivity contribution in [1.29, 1.82) is 0 Å². The molecular formula is C12H13F2N3O3. The highest BCUT2D eigenvalue weighted by molar-refractivity contribution is 5.93. The predicted molar refractivity (Wildman–Crippen MR) is 67.2 cm³/mol. The van der Waals surface area contributed by atoms with Gasteiger partial charge in [-0.15, -0.1) is 0 Å². The average molecular weight is 285 g/mol. The van der Waals surface area contributed by atoms with Gasteiger partial charge in [0.1, 0.15) is 5.82 Å². The van der Waals surface area contributed by atoms with Crippen molar-refractivity contribution in [2.75, 3.05) is 18.4 Å². The Bertz CT molecular complexity index is 565. The second kappa shape index (κ2) is 5.49. The maximum atomic E-state index is 13.5. The molecule has 0 aliphatic carbocycles. The van der Waals surface area contributed by atoms with E-state index in [-0.39, 0.29) is 17.5 Å². The fraction of sp³-hybridized carbons (Fsp3) is 0.417. The number of hydrogen-bond acceptors (Lipinski definition) is 4. The largest absolute Gasteiger partial charge is 0.323 e. The van der Waals surface area contributed by atoms with Crippen molar-refractivity contribution in [2.45, 2.75) is 6.92 Å². The minimum atomic E-state index is -1.28. The van der Waals surface area contributed by atoms with Gasteiger partial charge in [-0.1, -0.05) is 6.92 Å². The Morgan fingerprint density at radius 2 is 2.10 bits per heavy atom. The summed E-state index contributed by atoms with van der Waals surface area (Å²) in [4.78, 5) is 21.6. The first-order valence-corrected chi connectivity index (χ1v) is 6.05. The molecule has 1 heterocycles. The molecule has 2 atom stereocenters. The van der Waals surface area contributed by atoms with Crippen LogP contribution in [0.25, 0.3) is 0 Å². The minimum absolute atomic E-state index is 0.0773. The van der Waals surface area contributed by atoms with E-state index in [2.05, 4.69) is 10.6 Å². The zero-order valence-corrected chi connectivity index (χ0v) is 10.7. The Morgan fingerprint density at radius 3 is 2.65 bits per heavy atom. The van der Waals surface area contributed by atoms with Crippen molar-refractivity contribution in [2.24, 2.45) is 11.8 Å². The van der Waals surface area contributed by atoms with Crippen molar-refractivity contribution in [3.8, 4) is 0 Å². The normalized spacial score (nSPS) is 21.8. The van der Waals surface area contributed by atoms with E-state index in [4.69, 9.17) is 0 Å². The lowest BCUT2D eigenvalue weighted by Gasteiger charge is -2.14. The Balaban J connectivity index is 2.22. The summed E-state index contributed by atoms with van der Waals surface area (Å²) in [6.07, 6.45) is 0. The maximum absolute atomic E-state index is 13.5. The number of carbonyl (C=O) groups excluding carboxylic acids is 1. The highest BCUT2D eigenvalue weighted by Crippen LogP contribution is 2.26. The minimum Gasteiger partial charge on any atom is -0.323 e. The lowest BCUT2D eigenvalue weighted by Crippen LogP contribution is -2.28. The van der Waals surface area contributed by atoms with E-state index >= 15 is 0 Å². The van der Waals surface area contributed by atoms with Crippen molar-refractivity contribution in [1.82, 2.24) is 5.32 Å². The first-order valence-electron chi connectivity index (χ1n) is 6.05. The van der Waals surface area contributed by atoms with Crippen LogP contribution in [0.2, 0.25) is 0 Å². The van der Waals surface area contributed by atoms with E-state index in [0.29, 0.717) is 25.2 Å². The van der Waals surface area contributed by atoms with E-state index in [1.165, 1.54) is 0 Å². The monoisotopic (exact) mass is 285 g/mol. The second-order valence-corrected chi connectivity index (χ2v) is 4.77. The number of nitro benzene ring substituents is 1. The average Bonchev–Trinajstić information content (AvgIpc) is 2.78. The van der Waals surface area contributed by atoms with Crippen molar-refractivity contribution >= 4 is 17.3 Å². The van der Waals surface area contributed by atoms with E-state index in [9.17, 15) is 23.7 Å². The number of benzene rings is 1. The van der Waals surface area contributed by atoms with Crippen molar-refractivity contribution in [3.63, 3.8) is 0 Å². The van der Waals surface area contributed by atoms with Crippen LogP contribution in [0.15, 0.2) is 12.1 Å². The van der Waals surface area contributed by atoms with Gasteiger partial charge in [0.2, 0.25) is 11.7 Å². The van der Waals surface area contributed by atoms with Crippen molar-refractivity contribution < 1.29 is 18.5 Å². The van der Waals surface area contributed by atoms with Crippen LogP contribution >= 0.6 is 0 Å². The number of nitrogens with zero attached hydrogens (tertiary/aromatic N) is 1. The molecule has 8 heteroatoms. The van der Waals surface area contributed by atoms with Gasteiger partial charge >= 0.3 is 5.69 Å². The molecule has 0 bridgehead atoms. The summed E-state index contributed by atoms with van der Waals surface area (Å²) in [6.45, 7) is 3.00. The van der Waals surface area contributed by atoms with Gasteiger partial charge in [-0.25, -0.2) is 4.39 Å². The van der Waals surface area contributed by atoms with Crippen LogP contribution in [0, 0.1) is 33.6 Å². The molecule has 2 N–H and O–H groups in total. The van der Waals surface area contributed by atoms with Crippen LogP contribution < -0.4 is 10.6 Å². The molecule has 1 aliphatic heterocycles. The SMILES string of the molecule is CC1CNCC1C(=O)Nc1cc([N+](=O)[O-])c(F)cc1F. The summed E-state index contributed by atoms with van der Waals surface area (Å²) in [5, 5.41) is 15.9. The van der Waals surface area contributed by atoms with Gasteiger partial charge in [0, 0.05) is 18.7 Å². The zero-order valence-electron chi connectivity index (χ0n) is 10.7. The molecule has 0 radical (unpaired) electrons. The van der Waals surface area contributed by atoms with Gasteiger partial charge in [-0.3, -0.25) is 14.9 Å². The lowest BCUT2D eigenvalue weighted by atomic mass is 9.97. The zero-order chi connectivity index (χ0) is 14.9. The van der Waals surface area contributed by atoms with Gasteiger partial charge < -0.3 is 10.6 Å². The molecule has 6 nitrogen and oxygen atoms in total. The standard InChI is InChI=1S/C12H13F2N3O3/c1-6-4-15-5-7(6)12(18)16-10-3-11(17(19)20)9(14)2-8(10)13/h2-3,6-7,15H,4-5H2,1H3,(H,16,18). The van der Waals surface area contributed by atoms with Crippen LogP contribution in [-0.4, -0.2) is 23.9 Å². The van der Waals surface area contributed by atoms with Gasteiger partial charge in [-0.2, -0.15) is 4.39 Å². The van der Waals surface area contributed by atoms with Crippen molar-refractivity contribution in [3.05, 3.63) is 33.9 Å². The number of carbonyl (C=O) groups is 1. The number of anilines is 1. The molecule has 1 fully saturated rings.